The quantitative estimate of drug-likeness (QED) is 0.110. The molecule has 12 nitrogen and oxygen atoms in total. The summed E-state index contributed by atoms with van der Waals surface area (Å²) in [6, 6.07) is 0. The molecule has 0 aliphatic heterocycles. The second kappa shape index (κ2) is 18.8. The molecule has 1 amide bonds. The average Bonchev–Trinajstić information content (AvgIpc) is 2.87. The third kappa shape index (κ3) is 15.2. The highest BCUT2D eigenvalue weighted by atomic mass is 16.5. The molecule has 37 heavy (non-hydrogen) atoms. The minimum absolute atomic E-state index is 0.0842. The van der Waals surface area contributed by atoms with Crippen LogP contribution in [0.4, 0.5) is 0 Å². The van der Waals surface area contributed by atoms with Crippen LogP contribution in [-0.2, 0) is 43.0 Å². The maximum absolute atomic E-state index is 12.9. The number of carboxylic acids is 2. The Labute approximate surface area is 214 Å². The Morgan fingerprint density at radius 2 is 1.00 bits per heavy atom. The maximum atomic E-state index is 12.9. The molecule has 0 saturated carbocycles. The number of hydrogen-bond acceptors (Lipinski definition) is 9. The number of carbonyl (C=O) groups excluding carboxylic acids is 4. The zero-order valence-corrected chi connectivity index (χ0v) is 20.4. The van der Waals surface area contributed by atoms with Crippen LogP contribution in [0.5, 0.6) is 0 Å². The molecule has 0 heterocycles. The van der Waals surface area contributed by atoms with Crippen molar-refractivity contribution < 1.29 is 53.2 Å². The summed E-state index contributed by atoms with van der Waals surface area (Å²) in [6.07, 6.45) is 5.36. The number of nitrogens with zero attached hydrogens (tertiary/aromatic N) is 1. The van der Waals surface area contributed by atoms with Gasteiger partial charge in [-0.05, 0) is 19.3 Å². The Balaban J connectivity index is 5.65. The Bertz CT molecular complexity index is 892. The molecule has 0 unspecified atom stereocenters. The van der Waals surface area contributed by atoms with E-state index in [1.54, 1.807) is 0 Å². The van der Waals surface area contributed by atoms with Crippen molar-refractivity contribution in [2.75, 3.05) is 19.8 Å². The molecule has 0 aromatic carbocycles. The van der Waals surface area contributed by atoms with Crippen molar-refractivity contribution >= 4 is 35.8 Å². The minimum atomic E-state index is -1.42. The van der Waals surface area contributed by atoms with Crippen LogP contribution in [0.3, 0.4) is 0 Å². The summed E-state index contributed by atoms with van der Waals surface area (Å²) in [6.45, 7) is 9.22. The van der Waals surface area contributed by atoms with Gasteiger partial charge in [0, 0.05) is 49.9 Å². The number of rotatable bonds is 19. The third-order valence-corrected chi connectivity index (χ3v) is 4.44. The molecule has 0 aromatic rings. The second-order valence-corrected chi connectivity index (χ2v) is 7.15. The van der Waals surface area contributed by atoms with Crippen LogP contribution in [0, 0.1) is 0 Å². The van der Waals surface area contributed by atoms with E-state index in [1.165, 1.54) is 0 Å². The summed E-state index contributed by atoms with van der Waals surface area (Å²) in [5.74, 6) is -5.55. The fraction of sp³-hybridized carbons (Fsp3) is 0.360. The molecular weight excluding hydrogens is 490 g/mol. The van der Waals surface area contributed by atoms with Crippen molar-refractivity contribution in [1.29, 1.82) is 0 Å². The largest absolute Gasteiger partial charge is 0.478 e. The predicted octanol–water partition coefficient (Wildman–Crippen LogP) is 2.28. The first-order valence-electron chi connectivity index (χ1n) is 11.1. The van der Waals surface area contributed by atoms with E-state index in [2.05, 4.69) is 19.7 Å². The van der Waals surface area contributed by atoms with Crippen LogP contribution in [0.25, 0.3) is 0 Å². The molecule has 0 aliphatic carbocycles. The minimum Gasteiger partial charge on any atom is -0.478 e. The lowest BCUT2D eigenvalue weighted by Gasteiger charge is -2.17. The fourth-order valence-electron chi connectivity index (χ4n) is 2.53. The molecule has 12 heteroatoms. The van der Waals surface area contributed by atoms with Crippen LogP contribution in [0.2, 0.25) is 0 Å². The topological polar surface area (TPSA) is 174 Å². The molecule has 0 rings (SSSR count). The standard InChI is InChI=1S/C25H31NO11/c1-4-21(28)35-13-9-7-8-10-20(27)26(16-18(24(31)32)11-14-36-22(29)5-2)17-19(25(33)34)12-15-37-23(30)6-3/h4-6,16-17H,1-3,7-15H2,(H,31,32)(H,33,34)/b18-16-,19-17+. The van der Waals surface area contributed by atoms with Crippen LogP contribution in [0.15, 0.2) is 61.5 Å². The van der Waals surface area contributed by atoms with Gasteiger partial charge in [0.05, 0.1) is 31.0 Å². The fourth-order valence-corrected chi connectivity index (χ4v) is 2.53. The van der Waals surface area contributed by atoms with Gasteiger partial charge in [-0.15, -0.1) is 0 Å². The maximum Gasteiger partial charge on any atom is 0.333 e. The summed E-state index contributed by atoms with van der Waals surface area (Å²) in [5.41, 5.74) is -0.666. The summed E-state index contributed by atoms with van der Waals surface area (Å²) in [7, 11) is 0. The molecule has 0 atom stereocenters. The molecule has 0 radical (unpaired) electrons. The van der Waals surface area contributed by atoms with E-state index in [-0.39, 0.29) is 50.2 Å². The van der Waals surface area contributed by atoms with Crippen molar-refractivity contribution in [3.05, 3.63) is 61.5 Å². The molecule has 0 bridgehead atoms. The molecular formula is C25H31NO11. The molecule has 0 aliphatic rings. The molecule has 0 aromatic heterocycles. The lowest BCUT2D eigenvalue weighted by Crippen LogP contribution is -2.24. The van der Waals surface area contributed by atoms with Gasteiger partial charge >= 0.3 is 29.8 Å². The van der Waals surface area contributed by atoms with Gasteiger partial charge in [-0.25, -0.2) is 24.0 Å². The number of esters is 3. The summed E-state index contributed by atoms with van der Waals surface area (Å²) < 4.78 is 14.4. The second-order valence-electron chi connectivity index (χ2n) is 7.15. The van der Waals surface area contributed by atoms with Gasteiger partial charge in [0.15, 0.2) is 0 Å². The summed E-state index contributed by atoms with van der Waals surface area (Å²) in [5, 5.41) is 19.0. The number of aliphatic carboxylic acids is 2. The zero-order valence-electron chi connectivity index (χ0n) is 20.4. The number of amides is 1. The van der Waals surface area contributed by atoms with Crippen molar-refractivity contribution in [3.8, 4) is 0 Å². The lowest BCUT2D eigenvalue weighted by molar-refractivity contribution is -0.139. The Morgan fingerprint density at radius 3 is 1.38 bits per heavy atom. The van der Waals surface area contributed by atoms with Gasteiger partial charge in [0.1, 0.15) is 0 Å². The Kier molecular flexibility index (Phi) is 16.5. The predicted molar refractivity (Wildman–Crippen MR) is 129 cm³/mol. The van der Waals surface area contributed by atoms with E-state index in [0.29, 0.717) is 19.3 Å². The van der Waals surface area contributed by atoms with Crippen LogP contribution < -0.4 is 0 Å². The molecule has 2 N–H and O–H groups in total. The van der Waals surface area contributed by atoms with Gasteiger partial charge in [-0.3, -0.25) is 9.69 Å². The van der Waals surface area contributed by atoms with Crippen LogP contribution in [-0.4, -0.2) is 70.7 Å². The van der Waals surface area contributed by atoms with Gasteiger partial charge in [0.25, 0.3) is 0 Å². The summed E-state index contributed by atoms with van der Waals surface area (Å²) >= 11 is 0. The number of unbranched alkanes of at least 4 members (excludes halogenated alkanes) is 2. The van der Waals surface area contributed by atoms with E-state index in [0.717, 1.165) is 35.5 Å². The smallest absolute Gasteiger partial charge is 0.333 e. The Morgan fingerprint density at radius 1 is 0.595 bits per heavy atom. The first kappa shape index (κ1) is 32.5. The van der Waals surface area contributed by atoms with Gasteiger partial charge < -0.3 is 24.4 Å². The van der Waals surface area contributed by atoms with Crippen LogP contribution >= 0.6 is 0 Å². The highest BCUT2D eigenvalue weighted by Gasteiger charge is 2.18. The number of ether oxygens (including phenoxy) is 3. The Hall–Kier alpha value is -4.48. The van der Waals surface area contributed by atoms with E-state index < -0.39 is 35.8 Å². The van der Waals surface area contributed by atoms with Crippen LogP contribution in [0.1, 0.15) is 38.5 Å². The lowest BCUT2D eigenvalue weighted by atomic mass is 10.1. The van der Waals surface area contributed by atoms with E-state index in [1.807, 2.05) is 0 Å². The first-order valence-corrected chi connectivity index (χ1v) is 11.1. The van der Waals surface area contributed by atoms with E-state index in [4.69, 9.17) is 14.2 Å². The number of hydrogen-bond donors (Lipinski definition) is 2. The third-order valence-electron chi connectivity index (χ3n) is 4.44. The molecule has 0 fully saturated rings. The SMILES string of the molecule is C=CC(=O)OCCCCCC(=O)N(/C=C(/CCOC(=O)C=C)C(=O)O)/C=C(\CCOC(=O)C=C)C(=O)O. The average molecular weight is 522 g/mol. The molecule has 0 saturated heterocycles. The van der Waals surface area contributed by atoms with E-state index in [9.17, 15) is 39.0 Å². The highest BCUT2D eigenvalue weighted by Crippen LogP contribution is 2.14. The van der Waals surface area contributed by atoms with Crippen molar-refractivity contribution in [2.45, 2.75) is 38.5 Å². The molecule has 202 valence electrons. The van der Waals surface area contributed by atoms with Crippen molar-refractivity contribution in [3.63, 3.8) is 0 Å². The number of carboxylic acid groups (broad SMARTS) is 2. The normalized spacial score (nSPS) is 11.0. The van der Waals surface area contributed by atoms with E-state index >= 15 is 0 Å². The highest BCUT2D eigenvalue weighted by molar-refractivity contribution is 5.90. The molecule has 0 spiro atoms. The van der Waals surface area contributed by atoms with Gasteiger partial charge in [-0.2, -0.15) is 0 Å². The van der Waals surface area contributed by atoms with Crippen molar-refractivity contribution in [2.24, 2.45) is 0 Å². The number of carbonyl (C=O) groups is 6. The zero-order chi connectivity index (χ0) is 28.2. The van der Waals surface area contributed by atoms with Gasteiger partial charge in [-0.1, -0.05) is 19.7 Å². The monoisotopic (exact) mass is 521 g/mol. The summed E-state index contributed by atoms with van der Waals surface area (Å²) in [4.78, 5) is 70.5. The van der Waals surface area contributed by atoms with Gasteiger partial charge in [0.2, 0.25) is 5.91 Å². The van der Waals surface area contributed by atoms with Crippen molar-refractivity contribution in [1.82, 2.24) is 4.90 Å². The first-order chi connectivity index (χ1) is 17.5.